The highest BCUT2D eigenvalue weighted by molar-refractivity contribution is 5.33. The van der Waals surface area contributed by atoms with Crippen molar-refractivity contribution in [2.24, 2.45) is 0 Å². The molecule has 1 aromatic heterocycles. The topological polar surface area (TPSA) is 53.8 Å². The highest BCUT2D eigenvalue weighted by atomic mass is 16.5. The van der Waals surface area contributed by atoms with E-state index in [2.05, 4.69) is 47.1 Å². The summed E-state index contributed by atoms with van der Waals surface area (Å²) in [7, 11) is 0. The number of nitrogens with zero attached hydrogens (tertiary/aromatic N) is 4. The number of aromatic nitrogens is 2. The van der Waals surface area contributed by atoms with Crippen LogP contribution in [-0.4, -0.2) is 63.6 Å². The van der Waals surface area contributed by atoms with E-state index in [1.54, 1.807) is 0 Å². The molecule has 0 radical (unpaired) electrons. The number of ether oxygens (including phenoxy) is 1. The average molecular weight is 387 g/mol. The summed E-state index contributed by atoms with van der Waals surface area (Å²) in [5.41, 5.74) is 2.48. The van der Waals surface area contributed by atoms with Crippen molar-refractivity contribution in [2.45, 2.75) is 52.4 Å². The first-order chi connectivity index (χ1) is 13.6. The Labute approximate surface area is 168 Å². The predicted molar refractivity (Wildman–Crippen MR) is 111 cm³/mol. The van der Waals surface area contributed by atoms with Gasteiger partial charge in [0.25, 0.3) is 0 Å². The van der Waals surface area contributed by atoms with E-state index in [1.807, 2.05) is 29.9 Å². The van der Waals surface area contributed by atoms with Crippen LogP contribution in [0.15, 0.2) is 36.7 Å². The molecule has 0 bridgehead atoms. The summed E-state index contributed by atoms with van der Waals surface area (Å²) in [5.74, 6) is 0.969. The molecule has 0 spiro atoms. The molecule has 1 aromatic carbocycles. The molecule has 1 saturated heterocycles. The molecule has 2 heterocycles. The first kappa shape index (κ1) is 20.8. The Morgan fingerprint density at radius 3 is 2.75 bits per heavy atom. The molecule has 0 amide bonds. The Morgan fingerprint density at radius 2 is 2.04 bits per heavy atom. The third-order valence-corrected chi connectivity index (χ3v) is 5.39. The Balaban J connectivity index is 1.64. The molecule has 1 aliphatic rings. The van der Waals surface area contributed by atoms with E-state index in [4.69, 9.17) is 4.74 Å². The van der Waals surface area contributed by atoms with Crippen LogP contribution in [0.5, 0.6) is 5.75 Å². The van der Waals surface area contributed by atoms with E-state index < -0.39 is 0 Å². The highest BCUT2D eigenvalue weighted by Crippen LogP contribution is 2.24. The summed E-state index contributed by atoms with van der Waals surface area (Å²) in [6.45, 7) is 11.9. The molecular formula is C22H34N4O2. The minimum absolute atomic E-state index is 0.216. The smallest absolute Gasteiger partial charge is 0.123 e. The minimum atomic E-state index is 0.216. The van der Waals surface area contributed by atoms with Crippen LogP contribution in [0.25, 0.3) is 0 Å². The highest BCUT2D eigenvalue weighted by Gasteiger charge is 2.27. The van der Waals surface area contributed by atoms with Crippen molar-refractivity contribution in [2.75, 3.05) is 32.8 Å². The number of aliphatic hydroxyl groups excluding tert-OH is 1. The van der Waals surface area contributed by atoms with E-state index in [0.29, 0.717) is 18.7 Å². The summed E-state index contributed by atoms with van der Waals surface area (Å²) >= 11 is 0. The van der Waals surface area contributed by atoms with Crippen molar-refractivity contribution >= 4 is 0 Å². The third-order valence-electron chi connectivity index (χ3n) is 5.39. The van der Waals surface area contributed by atoms with Crippen molar-refractivity contribution in [3.8, 4) is 5.75 Å². The second-order valence-electron chi connectivity index (χ2n) is 7.83. The van der Waals surface area contributed by atoms with Crippen molar-refractivity contribution in [1.82, 2.24) is 19.6 Å². The molecule has 28 heavy (non-hydrogen) atoms. The van der Waals surface area contributed by atoms with Crippen LogP contribution in [0.3, 0.4) is 0 Å². The molecule has 0 saturated carbocycles. The first-order valence-electron chi connectivity index (χ1n) is 10.4. The fourth-order valence-electron chi connectivity index (χ4n) is 3.88. The summed E-state index contributed by atoms with van der Waals surface area (Å²) in [5, 5.41) is 14.1. The molecule has 1 fully saturated rings. The van der Waals surface area contributed by atoms with Crippen LogP contribution in [0.1, 0.15) is 44.4 Å². The Bertz CT molecular complexity index is 731. The number of piperazine rings is 1. The molecular weight excluding hydrogens is 352 g/mol. The summed E-state index contributed by atoms with van der Waals surface area (Å²) in [6.07, 6.45) is 4.92. The minimum Gasteiger partial charge on any atom is -0.494 e. The fraction of sp³-hybridized carbons (Fsp3) is 0.591. The van der Waals surface area contributed by atoms with Gasteiger partial charge in [0.05, 0.1) is 12.8 Å². The lowest BCUT2D eigenvalue weighted by molar-refractivity contribution is 0.0494. The van der Waals surface area contributed by atoms with Crippen molar-refractivity contribution in [1.29, 1.82) is 0 Å². The van der Waals surface area contributed by atoms with E-state index in [0.717, 1.165) is 44.9 Å². The second kappa shape index (κ2) is 10.0. The molecule has 0 aliphatic carbocycles. The van der Waals surface area contributed by atoms with E-state index >= 15 is 0 Å². The largest absolute Gasteiger partial charge is 0.494 e. The molecule has 0 unspecified atom stereocenters. The summed E-state index contributed by atoms with van der Waals surface area (Å²) < 4.78 is 7.82. The molecule has 1 N–H and O–H groups in total. The first-order valence-corrected chi connectivity index (χ1v) is 10.4. The van der Waals surface area contributed by atoms with Crippen molar-refractivity contribution < 1.29 is 9.84 Å². The molecule has 6 heteroatoms. The van der Waals surface area contributed by atoms with Gasteiger partial charge in [0.15, 0.2) is 0 Å². The van der Waals surface area contributed by atoms with Gasteiger partial charge in [-0.25, -0.2) is 0 Å². The van der Waals surface area contributed by atoms with Gasteiger partial charge in [-0.2, -0.15) is 5.10 Å². The lowest BCUT2D eigenvalue weighted by Gasteiger charge is -2.41. The van der Waals surface area contributed by atoms with Gasteiger partial charge >= 0.3 is 0 Å². The number of hydrogen-bond donors (Lipinski definition) is 1. The molecule has 2 aromatic rings. The normalized spacial score (nSPS) is 18.7. The van der Waals surface area contributed by atoms with Gasteiger partial charge in [0.2, 0.25) is 0 Å². The van der Waals surface area contributed by atoms with E-state index in [9.17, 15) is 5.11 Å². The quantitative estimate of drug-likeness (QED) is 0.718. The Kier molecular flexibility index (Phi) is 7.48. The van der Waals surface area contributed by atoms with Gasteiger partial charge in [-0.3, -0.25) is 14.5 Å². The molecule has 6 nitrogen and oxygen atoms in total. The molecule has 1 atom stereocenters. The maximum Gasteiger partial charge on any atom is 0.123 e. The zero-order valence-electron chi connectivity index (χ0n) is 17.4. The number of benzene rings is 1. The lowest BCUT2D eigenvalue weighted by atomic mass is 10.1. The number of rotatable bonds is 9. The fourth-order valence-corrected chi connectivity index (χ4v) is 3.88. The molecule has 154 valence electrons. The Hall–Kier alpha value is -1.89. The second-order valence-corrected chi connectivity index (χ2v) is 7.83. The van der Waals surface area contributed by atoms with Crippen LogP contribution < -0.4 is 4.74 Å². The maximum atomic E-state index is 9.60. The number of aliphatic hydroxyl groups is 1. The maximum absolute atomic E-state index is 9.60. The van der Waals surface area contributed by atoms with Gasteiger partial charge in [-0.15, -0.1) is 0 Å². The standard InChI is InChI=1S/C22H34N4O2/c1-4-28-22-8-6-5-7-20(22)16-25-11-10-24(17-21(25)9-12-27)14-19-13-23-26(15-19)18(2)3/h5-8,13,15,18,21,27H,4,9-12,14,16-17H2,1-3H3/t21-/m1/s1. The average Bonchev–Trinajstić information content (AvgIpc) is 3.15. The monoisotopic (exact) mass is 386 g/mol. The van der Waals surface area contributed by atoms with E-state index in [-0.39, 0.29) is 6.61 Å². The molecule has 1 aliphatic heterocycles. The van der Waals surface area contributed by atoms with Gasteiger partial charge in [-0.05, 0) is 33.3 Å². The third kappa shape index (κ3) is 5.34. The zero-order chi connectivity index (χ0) is 19.9. The van der Waals surface area contributed by atoms with Gasteiger partial charge in [0.1, 0.15) is 5.75 Å². The van der Waals surface area contributed by atoms with Crippen molar-refractivity contribution in [3.63, 3.8) is 0 Å². The van der Waals surface area contributed by atoms with Gasteiger partial charge in [-0.1, -0.05) is 18.2 Å². The van der Waals surface area contributed by atoms with Crippen LogP contribution in [0.4, 0.5) is 0 Å². The van der Waals surface area contributed by atoms with Crippen LogP contribution in [0.2, 0.25) is 0 Å². The van der Waals surface area contributed by atoms with E-state index in [1.165, 1.54) is 11.1 Å². The lowest BCUT2D eigenvalue weighted by Crippen LogP contribution is -2.52. The number of hydrogen-bond acceptors (Lipinski definition) is 5. The SMILES string of the molecule is CCOc1ccccc1CN1CCN(Cc2cnn(C(C)C)c2)C[C@H]1CCO. The van der Waals surface area contributed by atoms with Crippen LogP contribution in [-0.2, 0) is 13.1 Å². The molecule has 3 rings (SSSR count). The zero-order valence-corrected chi connectivity index (χ0v) is 17.4. The van der Waals surface area contributed by atoms with Gasteiger partial charge < -0.3 is 9.84 Å². The van der Waals surface area contributed by atoms with Crippen LogP contribution >= 0.6 is 0 Å². The van der Waals surface area contributed by atoms with Crippen LogP contribution in [0, 0.1) is 0 Å². The Morgan fingerprint density at radius 1 is 1.21 bits per heavy atom. The summed E-state index contributed by atoms with van der Waals surface area (Å²) in [4.78, 5) is 4.97. The predicted octanol–water partition coefficient (Wildman–Crippen LogP) is 2.93. The number of para-hydroxylation sites is 1. The summed E-state index contributed by atoms with van der Waals surface area (Å²) in [6, 6.07) is 9.01. The van der Waals surface area contributed by atoms with Gasteiger partial charge in [0, 0.05) is 68.7 Å². The van der Waals surface area contributed by atoms with Crippen molar-refractivity contribution in [3.05, 3.63) is 47.8 Å².